The maximum Gasteiger partial charge on any atom is 0.128 e. The first-order chi connectivity index (χ1) is 9.60. The lowest BCUT2D eigenvalue weighted by Gasteiger charge is -2.06. The third-order valence-corrected chi connectivity index (χ3v) is 4.27. The van der Waals surface area contributed by atoms with E-state index < -0.39 is 0 Å². The normalized spacial score (nSPS) is 11.2. The van der Waals surface area contributed by atoms with Crippen LogP contribution in [0.15, 0.2) is 24.4 Å². The van der Waals surface area contributed by atoms with E-state index in [9.17, 15) is 4.39 Å². The first-order valence-electron chi connectivity index (χ1n) is 6.63. The van der Waals surface area contributed by atoms with Gasteiger partial charge in [-0.1, -0.05) is 19.9 Å². The number of hydrogen-bond acceptors (Lipinski definition) is 4. The number of hydrogen-bond donors (Lipinski definition) is 2. The Labute approximate surface area is 122 Å². The summed E-state index contributed by atoms with van der Waals surface area (Å²) >= 11 is 1.71. The Morgan fingerprint density at radius 2 is 2.15 bits per heavy atom. The fraction of sp³-hybridized carbons (Fsp3) is 0.400. The summed E-state index contributed by atoms with van der Waals surface area (Å²) in [6, 6.07) is 4.81. The van der Waals surface area contributed by atoms with E-state index in [1.165, 1.54) is 10.9 Å². The van der Waals surface area contributed by atoms with Gasteiger partial charge in [-0.15, -0.1) is 11.3 Å². The molecule has 5 heteroatoms. The Bertz CT molecular complexity index is 569. The standard InChI is InChI=1S/C15H19FN2OS/c1-10(2)15-18-8-13(20-15)7-17-6-11-3-4-14(16)12(5-11)9-19/h3-5,8,10,17,19H,6-7,9H2,1-2H3. The van der Waals surface area contributed by atoms with E-state index in [4.69, 9.17) is 5.11 Å². The molecule has 0 saturated carbocycles. The summed E-state index contributed by atoms with van der Waals surface area (Å²) < 4.78 is 13.2. The number of rotatable bonds is 6. The molecule has 0 bridgehead atoms. The van der Waals surface area contributed by atoms with Gasteiger partial charge in [-0.05, 0) is 17.7 Å². The van der Waals surface area contributed by atoms with Crippen LogP contribution in [0.3, 0.4) is 0 Å². The molecule has 2 rings (SSSR count). The van der Waals surface area contributed by atoms with Gasteiger partial charge in [0, 0.05) is 35.6 Å². The van der Waals surface area contributed by atoms with Gasteiger partial charge < -0.3 is 10.4 Å². The summed E-state index contributed by atoms with van der Waals surface area (Å²) in [5.74, 6) is 0.0956. The second-order valence-electron chi connectivity index (χ2n) is 5.01. The van der Waals surface area contributed by atoms with Crippen LogP contribution < -0.4 is 5.32 Å². The molecule has 0 aliphatic rings. The maximum atomic E-state index is 13.2. The topological polar surface area (TPSA) is 45.2 Å². The van der Waals surface area contributed by atoms with Crippen molar-refractivity contribution in [2.24, 2.45) is 0 Å². The molecule has 0 saturated heterocycles. The predicted octanol–water partition coefficient (Wildman–Crippen LogP) is 3.19. The van der Waals surface area contributed by atoms with E-state index in [0.717, 1.165) is 17.1 Å². The summed E-state index contributed by atoms with van der Waals surface area (Å²) in [6.07, 6.45) is 1.90. The highest BCUT2D eigenvalue weighted by atomic mass is 32.1. The molecule has 2 N–H and O–H groups in total. The van der Waals surface area contributed by atoms with E-state index in [2.05, 4.69) is 24.1 Å². The highest BCUT2D eigenvalue weighted by Gasteiger charge is 2.06. The molecule has 0 fully saturated rings. The highest BCUT2D eigenvalue weighted by Crippen LogP contribution is 2.20. The minimum Gasteiger partial charge on any atom is -0.392 e. The zero-order chi connectivity index (χ0) is 14.5. The number of aliphatic hydroxyl groups is 1. The second-order valence-corrected chi connectivity index (χ2v) is 6.15. The lowest BCUT2D eigenvalue weighted by Crippen LogP contribution is -2.12. The number of thiazole rings is 1. The molecule has 0 radical (unpaired) electrons. The van der Waals surface area contributed by atoms with E-state index in [0.29, 0.717) is 18.0 Å². The van der Waals surface area contributed by atoms with Gasteiger partial charge in [0.25, 0.3) is 0 Å². The van der Waals surface area contributed by atoms with Crippen molar-refractivity contribution in [2.45, 2.75) is 39.5 Å². The van der Waals surface area contributed by atoms with Crippen LogP contribution >= 0.6 is 11.3 Å². The Hall–Kier alpha value is -1.30. The lowest BCUT2D eigenvalue weighted by molar-refractivity contribution is 0.275. The molecule has 0 aliphatic heterocycles. The van der Waals surface area contributed by atoms with Gasteiger partial charge in [0.2, 0.25) is 0 Å². The van der Waals surface area contributed by atoms with Gasteiger partial charge in [0.05, 0.1) is 11.6 Å². The number of aliphatic hydroxyl groups excluding tert-OH is 1. The van der Waals surface area contributed by atoms with Crippen molar-refractivity contribution in [3.8, 4) is 0 Å². The summed E-state index contributed by atoms with van der Waals surface area (Å²) in [4.78, 5) is 5.57. The maximum absolute atomic E-state index is 13.2. The number of aromatic nitrogens is 1. The summed E-state index contributed by atoms with van der Waals surface area (Å²) in [7, 11) is 0. The van der Waals surface area contributed by atoms with E-state index in [-0.39, 0.29) is 12.4 Å². The average molecular weight is 294 g/mol. The number of benzene rings is 1. The summed E-state index contributed by atoms with van der Waals surface area (Å²) in [6.45, 7) is 5.38. The molecule has 3 nitrogen and oxygen atoms in total. The fourth-order valence-corrected chi connectivity index (χ4v) is 2.75. The molecular formula is C15H19FN2OS. The molecule has 1 aromatic heterocycles. The van der Waals surface area contributed by atoms with Gasteiger partial charge in [-0.3, -0.25) is 0 Å². The quantitative estimate of drug-likeness (QED) is 0.860. The summed E-state index contributed by atoms with van der Waals surface area (Å²) in [5, 5.41) is 13.5. The molecule has 0 spiro atoms. The fourth-order valence-electron chi connectivity index (χ4n) is 1.86. The van der Waals surface area contributed by atoms with Crippen molar-refractivity contribution in [3.63, 3.8) is 0 Å². The zero-order valence-corrected chi connectivity index (χ0v) is 12.5. The van der Waals surface area contributed by atoms with Gasteiger partial charge in [-0.2, -0.15) is 0 Å². The minimum atomic E-state index is -0.361. The van der Waals surface area contributed by atoms with Gasteiger partial charge in [0.15, 0.2) is 0 Å². The van der Waals surface area contributed by atoms with Crippen molar-refractivity contribution in [1.29, 1.82) is 0 Å². The third-order valence-electron chi connectivity index (χ3n) is 2.97. The molecule has 1 aromatic carbocycles. The third kappa shape index (κ3) is 3.85. The molecule has 0 aliphatic carbocycles. The molecule has 108 valence electrons. The van der Waals surface area contributed by atoms with Crippen molar-refractivity contribution >= 4 is 11.3 Å². The van der Waals surface area contributed by atoms with Gasteiger partial charge in [-0.25, -0.2) is 9.37 Å². The molecule has 20 heavy (non-hydrogen) atoms. The molecular weight excluding hydrogens is 275 g/mol. The van der Waals surface area contributed by atoms with Crippen LogP contribution in [-0.2, 0) is 19.7 Å². The minimum absolute atomic E-state index is 0.272. The SMILES string of the molecule is CC(C)c1ncc(CNCc2ccc(F)c(CO)c2)s1. The van der Waals surface area contributed by atoms with Gasteiger partial charge in [0.1, 0.15) is 5.82 Å². The van der Waals surface area contributed by atoms with E-state index >= 15 is 0 Å². The Kier molecular flexibility index (Phi) is 5.23. The van der Waals surface area contributed by atoms with Crippen LogP contribution in [0.25, 0.3) is 0 Å². The smallest absolute Gasteiger partial charge is 0.128 e. The van der Waals surface area contributed by atoms with Crippen molar-refractivity contribution < 1.29 is 9.50 Å². The average Bonchev–Trinajstić information content (AvgIpc) is 2.89. The number of nitrogens with one attached hydrogen (secondary N) is 1. The molecule has 2 aromatic rings. The van der Waals surface area contributed by atoms with Gasteiger partial charge >= 0.3 is 0 Å². The Morgan fingerprint density at radius 3 is 2.80 bits per heavy atom. The Balaban J connectivity index is 1.89. The van der Waals surface area contributed by atoms with Crippen molar-refractivity contribution in [2.75, 3.05) is 0 Å². The molecule has 0 amide bonds. The van der Waals surface area contributed by atoms with Crippen LogP contribution in [0, 0.1) is 5.82 Å². The van der Waals surface area contributed by atoms with Crippen LogP contribution in [0.4, 0.5) is 4.39 Å². The zero-order valence-electron chi connectivity index (χ0n) is 11.7. The molecule has 1 heterocycles. The number of nitrogens with zero attached hydrogens (tertiary/aromatic N) is 1. The largest absolute Gasteiger partial charge is 0.392 e. The lowest BCUT2D eigenvalue weighted by atomic mass is 10.1. The first kappa shape index (κ1) is 15.1. The summed E-state index contributed by atoms with van der Waals surface area (Å²) in [5.41, 5.74) is 1.30. The van der Waals surface area contributed by atoms with Crippen LogP contribution in [0.5, 0.6) is 0 Å². The van der Waals surface area contributed by atoms with Crippen LogP contribution in [0.1, 0.15) is 40.8 Å². The molecule has 0 atom stereocenters. The highest BCUT2D eigenvalue weighted by molar-refractivity contribution is 7.11. The number of halogens is 1. The van der Waals surface area contributed by atoms with Crippen molar-refractivity contribution in [1.82, 2.24) is 10.3 Å². The second kappa shape index (κ2) is 6.92. The Morgan fingerprint density at radius 1 is 1.35 bits per heavy atom. The van der Waals surface area contributed by atoms with Crippen LogP contribution in [-0.4, -0.2) is 10.1 Å². The predicted molar refractivity (Wildman–Crippen MR) is 79.1 cm³/mol. The first-order valence-corrected chi connectivity index (χ1v) is 7.45. The van der Waals surface area contributed by atoms with Crippen molar-refractivity contribution in [3.05, 3.63) is 51.2 Å². The van der Waals surface area contributed by atoms with Crippen LogP contribution in [0.2, 0.25) is 0 Å². The monoisotopic (exact) mass is 294 g/mol. The van der Waals surface area contributed by atoms with E-state index in [1.54, 1.807) is 23.5 Å². The molecule has 0 unspecified atom stereocenters. The van der Waals surface area contributed by atoms with E-state index in [1.807, 2.05) is 6.20 Å².